The molecule has 1 unspecified atom stereocenters. The van der Waals surface area contributed by atoms with Crippen molar-refractivity contribution in [2.75, 3.05) is 6.61 Å². The Bertz CT molecular complexity index is 90.9. The van der Waals surface area contributed by atoms with E-state index in [9.17, 15) is 0 Å². The van der Waals surface area contributed by atoms with Crippen molar-refractivity contribution in [1.82, 2.24) is 0 Å². The van der Waals surface area contributed by atoms with Gasteiger partial charge in [0, 0.05) is 6.61 Å². The molecule has 0 aromatic heterocycles. The number of aliphatic hydroxyl groups is 1. The maximum Gasteiger partial charge on any atom is 0.0456 e. The minimum absolute atomic E-state index is 0.265. The van der Waals surface area contributed by atoms with Crippen LogP contribution in [-0.2, 0) is 0 Å². The molecule has 0 rings (SSSR count). The van der Waals surface area contributed by atoms with Crippen LogP contribution in [0.5, 0.6) is 0 Å². The van der Waals surface area contributed by atoms with Crippen LogP contribution in [0.4, 0.5) is 0 Å². The fraction of sp³-hybridized carbons (Fsp3) is 0.714. The Morgan fingerprint density at radius 1 is 1.78 bits per heavy atom. The number of thiol groups is 1. The molecule has 1 atom stereocenters. The van der Waals surface area contributed by atoms with E-state index in [-0.39, 0.29) is 6.61 Å². The molecule has 0 aromatic carbocycles. The van der Waals surface area contributed by atoms with E-state index in [1.165, 1.54) is 0 Å². The van der Waals surface area contributed by atoms with Gasteiger partial charge in [0.05, 0.1) is 0 Å². The summed E-state index contributed by atoms with van der Waals surface area (Å²) in [5, 5.41) is 8.59. The molecular formula is C7H14OS. The molecule has 0 spiro atoms. The van der Waals surface area contributed by atoms with Gasteiger partial charge in [-0.15, -0.1) is 12.6 Å². The van der Waals surface area contributed by atoms with Crippen LogP contribution < -0.4 is 0 Å². The number of allylic oxidation sites excluding steroid dienone is 1. The molecule has 0 heterocycles. The van der Waals surface area contributed by atoms with E-state index in [1.807, 2.05) is 6.92 Å². The fourth-order valence-corrected chi connectivity index (χ4v) is 0.633. The third-order valence-corrected chi connectivity index (χ3v) is 1.46. The van der Waals surface area contributed by atoms with Crippen LogP contribution in [0.15, 0.2) is 11.5 Å². The van der Waals surface area contributed by atoms with Gasteiger partial charge >= 0.3 is 0 Å². The van der Waals surface area contributed by atoms with Gasteiger partial charge in [0.25, 0.3) is 0 Å². The first-order valence-corrected chi connectivity index (χ1v) is 3.59. The van der Waals surface area contributed by atoms with Gasteiger partial charge in [0.2, 0.25) is 0 Å². The van der Waals surface area contributed by atoms with Crippen molar-refractivity contribution in [2.24, 2.45) is 5.92 Å². The Balaban J connectivity index is 3.16. The maximum atomic E-state index is 8.59. The monoisotopic (exact) mass is 146 g/mol. The highest BCUT2D eigenvalue weighted by atomic mass is 32.1. The summed E-state index contributed by atoms with van der Waals surface area (Å²) in [5.74, 6) is 0.383. The van der Waals surface area contributed by atoms with Crippen molar-refractivity contribution in [1.29, 1.82) is 0 Å². The zero-order valence-electron chi connectivity index (χ0n) is 5.80. The van der Waals surface area contributed by atoms with Crippen LogP contribution in [0.2, 0.25) is 0 Å². The molecule has 1 N–H and O–H groups in total. The summed E-state index contributed by atoms with van der Waals surface area (Å²) in [6, 6.07) is 0. The molecule has 0 saturated heterocycles. The second-order valence-corrected chi connectivity index (χ2v) is 3.03. The summed E-state index contributed by atoms with van der Waals surface area (Å²) in [6.45, 7) is 5.92. The summed E-state index contributed by atoms with van der Waals surface area (Å²) in [7, 11) is 0. The molecule has 0 aromatic rings. The number of hydrogen-bond donors (Lipinski definition) is 2. The molecule has 0 bridgehead atoms. The number of hydrogen-bond acceptors (Lipinski definition) is 2. The lowest BCUT2D eigenvalue weighted by atomic mass is 10.1. The van der Waals surface area contributed by atoms with Gasteiger partial charge in [0.1, 0.15) is 0 Å². The fourth-order valence-electron chi connectivity index (χ4n) is 0.504. The summed E-state index contributed by atoms with van der Waals surface area (Å²) in [4.78, 5) is 0.898. The Hall–Kier alpha value is 0.0500. The lowest BCUT2D eigenvalue weighted by molar-refractivity contribution is 0.231. The average molecular weight is 146 g/mol. The van der Waals surface area contributed by atoms with E-state index in [0.717, 1.165) is 17.7 Å². The first kappa shape index (κ1) is 9.05. The van der Waals surface area contributed by atoms with Gasteiger partial charge in [-0.3, -0.25) is 0 Å². The lowest BCUT2D eigenvalue weighted by Gasteiger charge is -2.04. The minimum Gasteiger partial charge on any atom is -0.396 e. The molecule has 0 aliphatic rings. The summed E-state index contributed by atoms with van der Waals surface area (Å²) in [6.07, 6.45) is 1.89. The van der Waals surface area contributed by atoms with Crippen molar-refractivity contribution >= 4 is 12.6 Å². The van der Waals surface area contributed by atoms with Gasteiger partial charge in [-0.1, -0.05) is 13.5 Å². The van der Waals surface area contributed by atoms with Gasteiger partial charge in [-0.25, -0.2) is 0 Å². The van der Waals surface area contributed by atoms with Crippen LogP contribution in [-0.4, -0.2) is 11.7 Å². The molecular weight excluding hydrogens is 132 g/mol. The quantitative estimate of drug-likeness (QED) is 0.580. The molecule has 0 aliphatic heterocycles. The van der Waals surface area contributed by atoms with Crippen LogP contribution in [0.25, 0.3) is 0 Å². The maximum absolute atomic E-state index is 8.59. The standard InChI is InChI=1S/C7H14OS/c1-6(5-8)3-4-7(2)9/h6,8-9H,2-5H2,1H3. The first-order valence-electron chi connectivity index (χ1n) is 3.14. The Kier molecular flexibility index (Phi) is 4.91. The highest BCUT2D eigenvalue weighted by molar-refractivity contribution is 7.84. The lowest BCUT2D eigenvalue weighted by Crippen LogP contribution is -1.99. The van der Waals surface area contributed by atoms with Crippen molar-refractivity contribution in [3.63, 3.8) is 0 Å². The highest BCUT2D eigenvalue weighted by Crippen LogP contribution is 2.11. The highest BCUT2D eigenvalue weighted by Gasteiger charge is 1.98. The molecule has 0 aliphatic carbocycles. The van der Waals surface area contributed by atoms with Crippen molar-refractivity contribution < 1.29 is 5.11 Å². The number of aliphatic hydroxyl groups excluding tert-OH is 1. The first-order chi connectivity index (χ1) is 4.16. The smallest absolute Gasteiger partial charge is 0.0456 e. The van der Waals surface area contributed by atoms with Gasteiger partial charge in [0.15, 0.2) is 0 Å². The molecule has 0 fully saturated rings. The van der Waals surface area contributed by atoms with Gasteiger partial charge < -0.3 is 5.11 Å². The molecule has 9 heavy (non-hydrogen) atoms. The molecule has 2 heteroatoms. The SMILES string of the molecule is C=C(S)CCC(C)CO. The van der Waals surface area contributed by atoms with Crippen molar-refractivity contribution in [2.45, 2.75) is 19.8 Å². The topological polar surface area (TPSA) is 20.2 Å². The van der Waals surface area contributed by atoms with E-state index < -0.39 is 0 Å². The zero-order valence-corrected chi connectivity index (χ0v) is 6.69. The van der Waals surface area contributed by atoms with E-state index in [0.29, 0.717) is 5.92 Å². The molecule has 1 nitrogen and oxygen atoms in total. The zero-order chi connectivity index (χ0) is 7.28. The molecule has 54 valence electrons. The van der Waals surface area contributed by atoms with E-state index >= 15 is 0 Å². The van der Waals surface area contributed by atoms with E-state index in [1.54, 1.807) is 0 Å². The Labute approximate surface area is 62.2 Å². The van der Waals surface area contributed by atoms with Crippen LogP contribution in [0.1, 0.15) is 19.8 Å². The van der Waals surface area contributed by atoms with Crippen molar-refractivity contribution in [3.8, 4) is 0 Å². The molecule has 0 amide bonds. The predicted molar refractivity (Wildman–Crippen MR) is 43.6 cm³/mol. The average Bonchev–Trinajstić information content (AvgIpc) is 1.83. The second kappa shape index (κ2) is 4.89. The number of rotatable bonds is 4. The normalized spacial score (nSPS) is 13.2. The Morgan fingerprint density at radius 2 is 2.33 bits per heavy atom. The third kappa shape index (κ3) is 5.93. The van der Waals surface area contributed by atoms with Crippen LogP contribution in [0.3, 0.4) is 0 Å². The molecule has 0 saturated carbocycles. The minimum atomic E-state index is 0.265. The summed E-state index contributed by atoms with van der Waals surface area (Å²) >= 11 is 4.04. The predicted octanol–water partition coefficient (Wildman–Crippen LogP) is 1.84. The van der Waals surface area contributed by atoms with Crippen LogP contribution in [0, 0.1) is 5.92 Å². The molecule has 0 radical (unpaired) electrons. The van der Waals surface area contributed by atoms with Gasteiger partial charge in [-0.2, -0.15) is 0 Å². The summed E-state index contributed by atoms with van der Waals surface area (Å²) < 4.78 is 0. The largest absolute Gasteiger partial charge is 0.396 e. The third-order valence-electron chi connectivity index (χ3n) is 1.24. The van der Waals surface area contributed by atoms with E-state index in [4.69, 9.17) is 5.11 Å². The van der Waals surface area contributed by atoms with Crippen molar-refractivity contribution in [3.05, 3.63) is 11.5 Å². The van der Waals surface area contributed by atoms with Gasteiger partial charge in [-0.05, 0) is 23.7 Å². The Morgan fingerprint density at radius 3 is 2.67 bits per heavy atom. The van der Waals surface area contributed by atoms with Crippen LogP contribution >= 0.6 is 12.6 Å². The van der Waals surface area contributed by atoms with E-state index in [2.05, 4.69) is 19.2 Å². The summed E-state index contributed by atoms with van der Waals surface area (Å²) in [5.41, 5.74) is 0. The second-order valence-electron chi connectivity index (χ2n) is 2.39.